The van der Waals surface area contributed by atoms with Crippen LogP contribution < -0.4 is 10.3 Å². The highest BCUT2D eigenvalue weighted by Gasteiger charge is 2.24. The molecule has 202 valence electrons. The van der Waals surface area contributed by atoms with Crippen molar-refractivity contribution in [3.8, 4) is 0 Å². The summed E-state index contributed by atoms with van der Waals surface area (Å²) in [7, 11) is 0. The van der Waals surface area contributed by atoms with E-state index in [-0.39, 0.29) is 10.9 Å². The lowest BCUT2D eigenvalue weighted by atomic mass is 10.1. The van der Waals surface area contributed by atoms with Gasteiger partial charge in [-0.3, -0.25) is 9.69 Å². The van der Waals surface area contributed by atoms with Gasteiger partial charge in [-0.25, -0.2) is 14.2 Å². The van der Waals surface area contributed by atoms with Crippen LogP contribution >= 0.6 is 11.3 Å². The highest BCUT2D eigenvalue weighted by atomic mass is 32.1. The van der Waals surface area contributed by atoms with Gasteiger partial charge in [0.25, 0.3) is 0 Å². The highest BCUT2D eigenvalue weighted by Crippen LogP contribution is 2.26. The maximum Gasteiger partial charge on any atom is 0.341 e. The van der Waals surface area contributed by atoms with Gasteiger partial charge in [0.2, 0.25) is 5.43 Å². The third-order valence-electron chi connectivity index (χ3n) is 6.73. The molecule has 5 rings (SSSR count). The Labute approximate surface area is 228 Å². The Morgan fingerprint density at radius 1 is 1.18 bits per heavy atom. The number of fused-ring (bicyclic) bond motifs is 1. The van der Waals surface area contributed by atoms with Gasteiger partial charge in [-0.2, -0.15) is 0 Å². The van der Waals surface area contributed by atoms with Crippen molar-refractivity contribution in [2.24, 2.45) is 5.16 Å². The van der Waals surface area contributed by atoms with Crippen molar-refractivity contribution in [3.05, 3.63) is 92.4 Å². The van der Waals surface area contributed by atoms with E-state index in [1.807, 2.05) is 47.5 Å². The van der Waals surface area contributed by atoms with E-state index in [4.69, 9.17) is 4.84 Å². The van der Waals surface area contributed by atoms with E-state index in [1.54, 1.807) is 16.8 Å². The topological polar surface area (TPSA) is 100 Å². The molecule has 39 heavy (non-hydrogen) atoms. The molecular formula is C28H28FN5O4S. The fraction of sp³-hybridized carbons (Fsp3) is 0.286. The lowest BCUT2D eigenvalue weighted by molar-refractivity contribution is 0.0695. The predicted molar refractivity (Wildman–Crippen MR) is 149 cm³/mol. The molecule has 0 amide bonds. The second-order valence-electron chi connectivity index (χ2n) is 9.18. The predicted octanol–water partition coefficient (Wildman–Crippen LogP) is 4.06. The van der Waals surface area contributed by atoms with E-state index >= 15 is 4.39 Å². The van der Waals surface area contributed by atoms with E-state index in [0.29, 0.717) is 57.1 Å². The molecule has 0 saturated carbocycles. The number of halogens is 1. The van der Waals surface area contributed by atoms with Crippen LogP contribution in [0.2, 0.25) is 0 Å². The third-order valence-corrected chi connectivity index (χ3v) is 7.56. The van der Waals surface area contributed by atoms with Crippen molar-refractivity contribution < 1.29 is 19.1 Å². The molecule has 9 nitrogen and oxygen atoms in total. The Kier molecular flexibility index (Phi) is 7.99. The number of oxime groups is 1. The zero-order valence-corrected chi connectivity index (χ0v) is 22.2. The molecule has 4 aromatic rings. The molecule has 1 N–H and O–H groups in total. The number of carboxylic acids is 1. The Hall–Kier alpha value is -4.09. The molecule has 0 radical (unpaired) electrons. The van der Waals surface area contributed by atoms with E-state index in [0.717, 1.165) is 22.3 Å². The minimum atomic E-state index is -1.32. The minimum absolute atomic E-state index is 0.0661. The van der Waals surface area contributed by atoms with E-state index in [1.165, 1.54) is 17.5 Å². The van der Waals surface area contributed by atoms with Gasteiger partial charge in [0.05, 0.1) is 11.2 Å². The molecule has 0 aliphatic carbocycles. The van der Waals surface area contributed by atoms with Gasteiger partial charge in [0.1, 0.15) is 28.7 Å². The fourth-order valence-corrected chi connectivity index (χ4v) is 5.29. The minimum Gasteiger partial charge on any atom is -0.477 e. The number of carbonyl (C=O) groups is 1. The van der Waals surface area contributed by atoms with Crippen LogP contribution in [0.15, 0.2) is 70.2 Å². The highest BCUT2D eigenvalue weighted by molar-refractivity contribution is 7.11. The molecule has 2 aromatic carbocycles. The van der Waals surface area contributed by atoms with E-state index in [9.17, 15) is 14.7 Å². The molecule has 0 spiro atoms. The summed E-state index contributed by atoms with van der Waals surface area (Å²) in [6, 6.07) is 12.6. The molecule has 3 heterocycles. The van der Waals surface area contributed by atoms with Gasteiger partial charge in [0, 0.05) is 62.4 Å². The second kappa shape index (κ2) is 11.7. The summed E-state index contributed by atoms with van der Waals surface area (Å²) in [6.45, 7) is 5.68. The van der Waals surface area contributed by atoms with Crippen LogP contribution in [0, 0.1) is 5.82 Å². The molecule has 1 saturated heterocycles. The van der Waals surface area contributed by atoms with Crippen LogP contribution in [-0.2, 0) is 18.0 Å². The Morgan fingerprint density at radius 2 is 1.95 bits per heavy atom. The van der Waals surface area contributed by atoms with Crippen molar-refractivity contribution in [3.63, 3.8) is 0 Å². The monoisotopic (exact) mass is 549 g/mol. The number of thiazole rings is 1. The number of nitrogens with zero attached hydrogens (tertiary/aromatic N) is 5. The number of pyridine rings is 1. The van der Waals surface area contributed by atoms with E-state index in [2.05, 4.69) is 15.0 Å². The van der Waals surface area contributed by atoms with Gasteiger partial charge in [-0.15, -0.1) is 11.3 Å². The van der Waals surface area contributed by atoms with E-state index < -0.39 is 17.2 Å². The SMILES string of the molecule is CCn1cc(C(=O)O)c(=O)c2cc(F)c(N3CCN(C/C(=N\OCc4ccccc4)c4nccs4)CC3)cc21. The molecule has 0 bridgehead atoms. The van der Waals surface area contributed by atoms with Gasteiger partial charge in [-0.1, -0.05) is 35.5 Å². The van der Waals surface area contributed by atoms with Crippen molar-refractivity contribution in [1.29, 1.82) is 0 Å². The lowest BCUT2D eigenvalue weighted by Gasteiger charge is -2.36. The molecule has 2 aromatic heterocycles. The number of rotatable bonds is 9. The van der Waals surface area contributed by atoms with Crippen molar-refractivity contribution in [2.75, 3.05) is 37.6 Å². The number of anilines is 1. The number of piperazine rings is 1. The Balaban J connectivity index is 1.30. The van der Waals surface area contributed by atoms with Crippen LogP contribution in [-0.4, -0.2) is 64.0 Å². The first-order chi connectivity index (χ1) is 18.9. The van der Waals surface area contributed by atoms with Crippen LogP contribution in [0.3, 0.4) is 0 Å². The molecule has 0 unspecified atom stereocenters. The number of aromatic nitrogens is 2. The number of benzene rings is 2. The third kappa shape index (κ3) is 5.84. The number of aryl methyl sites for hydroxylation is 1. The first kappa shape index (κ1) is 26.5. The number of hydrogen-bond acceptors (Lipinski definition) is 8. The first-order valence-electron chi connectivity index (χ1n) is 12.6. The van der Waals surface area contributed by atoms with Crippen molar-refractivity contribution >= 4 is 39.6 Å². The fourth-order valence-electron chi connectivity index (χ4n) is 4.67. The smallest absolute Gasteiger partial charge is 0.341 e. The number of hydrogen-bond donors (Lipinski definition) is 1. The summed E-state index contributed by atoms with van der Waals surface area (Å²) in [4.78, 5) is 38.4. The summed E-state index contributed by atoms with van der Waals surface area (Å²) < 4.78 is 16.9. The quantitative estimate of drug-likeness (QED) is 0.248. The Bertz CT molecular complexity index is 1550. The average molecular weight is 550 g/mol. The molecule has 1 fully saturated rings. The maximum absolute atomic E-state index is 15.2. The largest absolute Gasteiger partial charge is 0.477 e. The van der Waals surface area contributed by atoms with Gasteiger partial charge >= 0.3 is 5.97 Å². The van der Waals surface area contributed by atoms with Gasteiger partial charge in [-0.05, 0) is 24.6 Å². The maximum atomic E-state index is 15.2. The zero-order chi connectivity index (χ0) is 27.4. The van der Waals surface area contributed by atoms with Crippen molar-refractivity contribution in [2.45, 2.75) is 20.1 Å². The zero-order valence-electron chi connectivity index (χ0n) is 21.4. The summed E-state index contributed by atoms with van der Waals surface area (Å²) >= 11 is 1.50. The summed E-state index contributed by atoms with van der Waals surface area (Å²) in [5.41, 5.74) is 1.63. The number of carboxylic acid groups (broad SMARTS) is 1. The second-order valence-corrected chi connectivity index (χ2v) is 10.1. The van der Waals surface area contributed by atoms with Crippen LogP contribution in [0.25, 0.3) is 10.9 Å². The molecule has 0 atom stereocenters. The Morgan fingerprint density at radius 3 is 2.62 bits per heavy atom. The normalized spacial score (nSPS) is 14.6. The van der Waals surface area contributed by atoms with Crippen molar-refractivity contribution in [1.82, 2.24) is 14.5 Å². The molecule has 1 aliphatic rings. The number of aromatic carboxylic acids is 1. The summed E-state index contributed by atoms with van der Waals surface area (Å²) in [5, 5.41) is 16.5. The molecular weight excluding hydrogens is 521 g/mol. The van der Waals surface area contributed by atoms with Gasteiger partial charge in [0.15, 0.2) is 0 Å². The molecule has 1 aliphatic heterocycles. The summed E-state index contributed by atoms with van der Waals surface area (Å²) in [6.07, 6.45) is 3.06. The van der Waals surface area contributed by atoms with Gasteiger partial charge < -0.3 is 19.4 Å². The molecule has 11 heteroatoms. The first-order valence-corrected chi connectivity index (χ1v) is 13.5. The lowest BCUT2D eigenvalue weighted by Crippen LogP contribution is -2.48. The van der Waals surface area contributed by atoms with Crippen LogP contribution in [0.1, 0.15) is 27.9 Å². The standard InChI is InChI=1S/C28H28FN5O4S/c1-2-33-16-21(28(36)37)26(35)20-14-22(29)25(15-24(20)33)34-11-9-32(10-12-34)17-23(27-30-8-13-39-27)31-38-18-19-6-4-3-5-7-19/h3-8,13-16H,2,9-12,17-18H2,1H3,(H,36,37)/b31-23+. The average Bonchev–Trinajstić information content (AvgIpc) is 3.49. The van der Waals surface area contributed by atoms with Crippen LogP contribution in [0.5, 0.6) is 0 Å². The summed E-state index contributed by atoms with van der Waals surface area (Å²) in [5.74, 6) is -1.87. The van der Waals surface area contributed by atoms with Crippen LogP contribution in [0.4, 0.5) is 10.1 Å².